The van der Waals surface area contributed by atoms with Crippen LogP contribution in [0.1, 0.15) is 77.6 Å². The molecule has 0 aromatic heterocycles. The molecule has 0 amide bonds. The summed E-state index contributed by atoms with van der Waals surface area (Å²) in [6.07, 6.45) is 2.30. The molecule has 0 nitrogen and oxygen atoms in total. The predicted molar refractivity (Wildman–Crippen MR) is 100 cm³/mol. The van der Waals surface area contributed by atoms with Crippen molar-refractivity contribution in [2.45, 2.75) is 79.1 Å². The van der Waals surface area contributed by atoms with Crippen molar-refractivity contribution in [3.8, 4) is 0 Å². The predicted octanol–water partition coefficient (Wildman–Crippen LogP) is 6.53. The van der Waals surface area contributed by atoms with Crippen LogP contribution in [0, 0.1) is 0 Å². The van der Waals surface area contributed by atoms with Gasteiger partial charge in [0.25, 0.3) is 0 Å². The summed E-state index contributed by atoms with van der Waals surface area (Å²) in [6, 6.07) is 13.5. The Hall–Kier alpha value is -0.781. The number of rotatable bonds is 2. The van der Waals surface area contributed by atoms with Crippen LogP contribution in [-0.4, -0.2) is 0 Å². The van der Waals surface area contributed by atoms with Crippen LogP contribution in [0.25, 0.3) is 0 Å². The van der Waals surface area contributed by atoms with Crippen molar-refractivity contribution in [3.05, 3.63) is 58.7 Å². The van der Waals surface area contributed by atoms with Crippen LogP contribution >= 0.6 is 0 Å². The van der Waals surface area contributed by atoms with Crippen molar-refractivity contribution < 1.29 is 17.1 Å². The molecule has 2 rings (SSSR count). The summed E-state index contributed by atoms with van der Waals surface area (Å²) in [5.41, 5.74) is 6.44. The topological polar surface area (TPSA) is 0 Å². The van der Waals surface area contributed by atoms with Gasteiger partial charge in [0, 0.05) is 0 Å². The Labute approximate surface area is 154 Å². The van der Waals surface area contributed by atoms with E-state index >= 15 is 0 Å². The van der Waals surface area contributed by atoms with Crippen LogP contribution in [0.2, 0.25) is 0 Å². The van der Waals surface area contributed by atoms with Gasteiger partial charge in [-0.2, -0.15) is 46.5 Å². The smallest absolute Gasteiger partial charge is 0.207 e. The van der Waals surface area contributed by atoms with E-state index in [1.54, 1.807) is 0 Å². The van der Waals surface area contributed by atoms with Crippen LogP contribution in [0.4, 0.5) is 0 Å². The zero-order chi connectivity index (χ0) is 17.0. The minimum absolute atomic E-state index is 0. The van der Waals surface area contributed by atoms with Gasteiger partial charge in [0.15, 0.2) is 0 Å². The van der Waals surface area contributed by atoms with Gasteiger partial charge in [-0.15, -0.1) is 0 Å². The van der Waals surface area contributed by atoms with E-state index in [4.69, 9.17) is 0 Å². The van der Waals surface area contributed by atoms with Crippen LogP contribution in [-0.2, 0) is 40.7 Å². The van der Waals surface area contributed by atoms with Crippen LogP contribution in [0.15, 0.2) is 36.4 Å². The van der Waals surface area contributed by atoms with E-state index in [0.717, 1.165) is 12.8 Å². The molecule has 0 unspecified atom stereocenters. The van der Waals surface area contributed by atoms with E-state index in [9.17, 15) is 0 Å². The number of hydrogen-bond donors (Lipinski definition) is 0. The van der Waals surface area contributed by atoms with Crippen molar-refractivity contribution in [3.63, 3.8) is 0 Å². The molecule has 130 valence electrons. The summed E-state index contributed by atoms with van der Waals surface area (Å²) in [5.74, 6) is 0. The first-order valence-corrected chi connectivity index (χ1v) is 8.60. The third-order valence-corrected chi connectivity index (χ3v) is 4.18. The maximum atomic E-state index is 2.31. The first-order valence-electron chi connectivity index (χ1n) is 8.60. The summed E-state index contributed by atoms with van der Waals surface area (Å²) < 4.78 is 0. The SMILES string of the molecule is CCc1cc(C(C)(C)C)c[cH-]1.CCc1cc(C(C)(C)C)c[cH-]1.[Fe+2]. The largest absolute Gasteiger partial charge is 2.00 e. The molecule has 0 fully saturated rings. The summed E-state index contributed by atoms with van der Waals surface area (Å²) in [6.45, 7) is 17.9. The fourth-order valence-corrected chi connectivity index (χ4v) is 2.36. The Bertz CT molecular complexity index is 503. The Balaban J connectivity index is 0.000000403. The van der Waals surface area contributed by atoms with Crippen molar-refractivity contribution in [2.75, 3.05) is 0 Å². The second-order valence-corrected chi connectivity index (χ2v) is 8.22. The second kappa shape index (κ2) is 8.90. The maximum absolute atomic E-state index is 2.31. The van der Waals surface area contributed by atoms with E-state index in [0.29, 0.717) is 10.8 Å². The quantitative estimate of drug-likeness (QED) is 0.425. The minimum Gasteiger partial charge on any atom is -0.207 e. The molecule has 23 heavy (non-hydrogen) atoms. The molecule has 2 aromatic rings. The fraction of sp³-hybridized carbons (Fsp3) is 0.545. The zero-order valence-electron chi connectivity index (χ0n) is 16.2. The van der Waals surface area contributed by atoms with Gasteiger partial charge in [0.05, 0.1) is 0 Å². The Morgan fingerprint density at radius 2 is 1.00 bits per heavy atom. The first-order chi connectivity index (χ1) is 10.1. The average Bonchev–Trinajstić information content (AvgIpc) is 3.07. The van der Waals surface area contributed by atoms with Gasteiger partial charge >= 0.3 is 17.1 Å². The van der Waals surface area contributed by atoms with Gasteiger partial charge < -0.3 is 0 Å². The minimum atomic E-state index is 0. The average molecular weight is 354 g/mol. The Morgan fingerprint density at radius 3 is 1.13 bits per heavy atom. The standard InChI is InChI=1S/2C11H17.Fe/c2*1-5-9-6-7-10(8-9)11(2,3)4;/h2*6-8H,5H2,1-4H3;/q2*-1;+2. The third kappa shape index (κ3) is 7.10. The van der Waals surface area contributed by atoms with Gasteiger partial charge in [-0.05, 0) is 0 Å². The number of aryl methyl sites for hydroxylation is 2. The Morgan fingerprint density at radius 1 is 0.696 bits per heavy atom. The summed E-state index contributed by atoms with van der Waals surface area (Å²) in [4.78, 5) is 0. The monoisotopic (exact) mass is 354 g/mol. The second-order valence-electron chi connectivity index (χ2n) is 8.22. The van der Waals surface area contributed by atoms with E-state index in [1.165, 1.54) is 22.3 Å². The van der Waals surface area contributed by atoms with E-state index < -0.39 is 0 Å². The van der Waals surface area contributed by atoms with Crippen LogP contribution in [0.5, 0.6) is 0 Å². The van der Waals surface area contributed by atoms with Gasteiger partial charge in [-0.3, -0.25) is 0 Å². The molecule has 0 saturated carbocycles. The molecular formula is C22H34Fe. The molecule has 0 N–H and O–H groups in total. The van der Waals surface area contributed by atoms with Crippen molar-refractivity contribution in [1.29, 1.82) is 0 Å². The molecule has 0 aliphatic heterocycles. The normalized spacial score (nSPS) is 11.5. The fourth-order valence-electron chi connectivity index (χ4n) is 2.36. The van der Waals surface area contributed by atoms with Crippen molar-refractivity contribution >= 4 is 0 Å². The zero-order valence-corrected chi connectivity index (χ0v) is 17.3. The molecule has 0 aliphatic carbocycles. The van der Waals surface area contributed by atoms with E-state index in [2.05, 4.69) is 91.8 Å². The first kappa shape index (κ1) is 22.2. The summed E-state index contributed by atoms with van der Waals surface area (Å²) in [7, 11) is 0. The van der Waals surface area contributed by atoms with Crippen LogP contribution < -0.4 is 0 Å². The molecule has 2 aromatic carbocycles. The van der Waals surface area contributed by atoms with Gasteiger partial charge in [-0.1, -0.05) is 79.1 Å². The van der Waals surface area contributed by atoms with Crippen molar-refractivity contribution in [2.24, 2.45) is 0 Å². The van der Waals surface area contributed by atoms with Gasteiger partial charge in [0.1, 0.15) is 0 Å². The van der Waals surface area contributed by atoms with E-state index in [-0.39, 0.29) is 17.1 Å². The molecular weight excluding hydrogens is 320 g/mol. The van der Waals surface area contributed by atoms with Crippen molar-refractivity contribution in [1.82, 2.24) is 0 Å². The number of hydrogen-bond acceptors (Lipinski definition) is 0. The van der Waals surface area contributed by atoms with Crippen LogP contribution in [0.3, 0.4) is 0 Å². The molecule has 0 heterocycles. The van der Waals surface area contributed by atoms with Gasteiger partial charge in [-0.25, -0.2) is 12.1 Å². The molecule has 0 spiro atoms. The molecule has 0 saturated heterocycles. The summed E-state index contributed by atoms with van der Waals surface area (Å²) in [5, 5.41) is 0. The molecule has 0 radical (unpaired) electrons. The molecule has 1 heteroatoms. The third-order valence-electron chi connectivity index (χ3n) is 4.18. The van der Waals surface area contributed by atoms with Gasteiger partial charge in [0.2, 0.25) is 0 Å². The molecule has 0 aliphatic rings. The maximum Gasteiger partial charge on any atom is 2.00 e. The van der Waals surface area contributed by atoms with E-state index in [1.807, 2.05) is 0 Å². The Kier molecular flexibility index (Phi) is 8.60. The molecule has 0 atom stereocenters. The molecule has 0 bridgehead atoms. The summed E-state index contributed by atoms with van der Waals surface area (Å²) >= 11 is 0.